The molecule has 0 radical (unpaired) electrons. The summed E-state index contributed by atoms with van der Waals surface area (Å²) in [7, 11) is 0. The molecule has 1 saturated heterocycles. The maximum atomic E-state index is 11.4. The van der Waals surface area contributed by atoms with Gasteiger partial charge >= 0.3 is 0 Å². The molecule has 1 aromatic heterocycles. The highest BCUT2D eigenvalue weighted by Crippen LogP contribution is 2.30. The summed E-state index contributed by atoms with van der Waals surface area (Å²) >= 11 is 5.84. The molecule has 92 valence electrons. The Bertz CT molecular complexity index is 439. The SMILES string of the molecule is NC(=O)C1CCCCN1c1ncnc(Cl)c1N. The first-order chi connectivity index (χ1) is 8.11. The number of primary amides is 1. The lowest BCUT2D eigenvalue weighted by Gasteiger charge is -2.35. The van der Waals surface area contributed by atoms with Crippen molar-refractivity contribution >= 4 is 29.0 Å². The normalized spacial score (nSPS) is 20.3. The van der Waals surface area contributed by atoms with E-state index in [1.54, 1.807) is 0 Å². The van der Waals surface area contributed by atoms with Crippen LogP contribution in [-0.2, 0) is 4.79 Å². The second-order valence-corrected chi connectivity index (χ2v) is 4.37. The number of piperidine rings is 1. The fourth-order valence-corrected chi connectivity index (χ4v) is 2.20. The van der Waals surface area contributed by atoms with Gasteiger partial charge in [-0.2, -0.15) is 0 Å². The van der Waals surface area contributed by atoms with Gasteiger partial charge in [0.15, 0.2) is 11.0 Å². The van der Waals surface area contributed by atoms with Crippen molar-refractivity contribution in [3.8, 4) is 0 Å². The highest BCUT2D eigenvalue weighted by Gasteiger charge is 2.29. The summed E-state index contributed by atoms with van der Waals surface area (Å²) in [4.78, 5) is 21.1. The first kappa shape index (κ1) is 11.9. The van der Waals surface area contributed by atoms with Gasteiger partial charge in [0, 0.05) is 6.54 Å². The number of anilines is 2. The van der Waals surface area contributed by atoms with E-state index in [0.29, 0.717) is 18.1 Å². The Kier molecular flexibility index (Phi) is 3.33. The van der Waals surface area contributed by atoms with E-state index in [9.17, 15) is 4.79 Å². The molecule has 0 aromatic carbocycles. The first-order valence-corrected chi connectivity index (χ1v) is 5.81. The summed E-state index contributed by atoms with van der Waals surface area (Å²) < 4.78 is 0. The van der Waals surface area contributed by atoms with Crippen LogP contribution in [0.1, 0.15) is 19.3 Å². The first-order valence-electron chi connectivity index (χ1n) is 5.43. The number of halogens is 1. The van der Waals surface area contributed by atoms with Crippen LogP contribution in [0, 0.1) is 0 Å². The van der Waals surface area contributed by atoms with Gasteiger partial charge in [0.05, 0.1) is 0 Å². The third-order valence-corrected chi connectivity index (χ3v) is 3.22. The van der Waals surface area contributed by atoms with Crippen molar-refractivity contribution in [2.75, 3.05) is 17.2 Å². The summed E-state index contributed by atoms with van der Waals surface area (Å²) in [6.45, 7) is 0.700. The maximum Gasteiger partial charge on any atom is 0.240 e. The van der Waals surface area contributed by atoms with Crippen molar-refractivity contribution in [1.29, 1.82) is 0 Å². The molecule has 0 saturated carbocycles. The average molecular weight is 256 g/mol. The number of nitrogen functional groups attached to an aromatic ring is 1. The van der Waals surface area contributed by atoms with Gasteiger partial charge in [0.2, 0.25) is 5.91 Å². The summed E-state index contributed by atoms with van der Waals surface area (Å²) in [6, 6.07) is -0.364. The van der Waals surface area contributed by atoms with Crippen LogP contribution in [-0.4, -0.2) is 28.5 Å². The second kappa shape index (κ2) is 4.75. The van der Waals surface area contributed by atoms with Gasteiger partial charge in [-0.05, 0) is 19.3 Å². The zero-order valence-electron chi connectivity index (χ0n) is 9.27. The Labute approximate surface area is 104 Å². The molecule has 1 unspecified atom stereocenters. The quantitative estimate of drug-likeness (QED) is 0.753. The predicted octanol–water partition coefficient (Wildman–Crippen LogP) is 0.556. The van der Waals surface area contributed by atoms with E-state index in [1.807, 2.05) is 4.90 Å². The number of rotatable bonds is 2. The molecule has 17 heavy (non-hydrogen) atoms. The van der Waals surface area contributed by atoms with E-state index in [0.717, 1.165) is 19.3 Å². The number of aromatic nitrogens is 2. The predicted molar refractivity (Wildman–Crippen MR) is 65.6 cm³/mol. The third-order valence-electron chi connectivity index (χ3n) is 2.92. The van der Waals surface area contributed by atoms with Crippen molar-refractivity contribution in [1.82, 2.24) is 9.97 Å². The summed E-state index contributed by atoms with van der Waals surface area (Å²) in [5.74, 6) is 0.132. The fourth-order valence-electron chi connectivity index (χ4n) is 2.08. The number of carbonyl (C=O) groups excluding carboxylic acids is 1. The number of hydrogen-bond donors (Lipinski definition) is 2. The van der Waals surface area contributed by atoms with E-state index in [4.69, 9.17) is 23.1 Å². The van der Waals surface area contributed by atoms with Crippen LogP contribution in [0.4, 0.5) is 11.5 Å². The molecule has 1 aliphatic rings. The molecule has 1 atom stereocenters. The highest BCUT2D eigenvalue weighted by molar-refractivity contribution is 6.32. The van der Waals surface area contributed by atoms with Crippen LogP contribution >= 0.6 is 11.6 Å². The molecule has 0 spiro atoms. The molecule has 2 rings (SSSR count). The standard InChI is InChI=1S/C10H14ClN5O/c11-8-7(12)10(15-5-14-8)16-4-2-1-3-6(16)9(13)17/h5-6H,1-4,12H2,(H2,13,17). The van der Waals surface area contributed by atoms with Crippen molar-refractivity contribution < 1.29 is 4.79 Å². The molecule has 2 heterocycles. The Hall–Kier alpha value is -1.56. The molecule has 0 aliphatic carbocycles. The number of amides is 1. The van der Waals surface area contributed by atoms with E-state index in [2.05, 4.69) is 9.97 Å². The summed E-state index contributed by atoms with van der Waals surface area (Å²) in [5.41, 5.74) is 11.5. The van der Waals surface area contributed by atoms with Gasteiger partial charge in [-0.25, -0.2) is 9.97 Å². The van der Waals surface area contributed by atoms with Crippen LogP contribution in [0.25, 0.3) is 0 Å². The average Bonchev–Trinajstić information content (AvgIpc) is 2.33. The molecule has 7 heteroatoms. The van der Waals surface area contributed by atoms with Crippen molar-refractivity contribution in [3.05, 3.63) is 11.5 Å². The summed E-state index contributed by atoms with van der Waals surface area (Å²) in [6.07, 6.45) is 4.00. The highest BCUT2D eigenvalue weighted by atomic mass is 35.5. The van der Waals surface area contributed by atoms with Gasteiger partial charge in [-0.15, -0.1) is 0 Å². The minimum atomic E-state index is -0.364. The van der Waals surface area contributed by atoms with Crippen molar-refractivity contribution in [2.45, 2.75) is 25.3 Å². The minimum absolute atomic E-state index is 0.198. The zero-order chi connectivity index (χ0) is 12.4. The lowest BCUT2D eigenvalue weighted by Crippen LogP contribution is -2.48. The molecule has 1 aliphatic heterocycles. The number of nitrogens with zero attached hydrogens (tertiary/aromatic N) is 3. The lowest BCUT2D eigenvalue weighted by atomic mass is 10.0. The van der Waals surface area contributed by atoms with Crippen LogP contribution in [0.15, 0.2) is 6.33 Å². The molecule has 0 bridgehead atoms. The minimum Gasteiger partial charge on any atom is -0.393 e. The van der Waals surface area contributed by atoms with Gasteiger partial charge < -0.3 is 16.4 Å². The Morgan fingerprint density at radius 3 is 2.94 bits per heavy atom. The van der Waals surface area contributed by atoms with E-state index in [1.165, 1.54) is 6.33 Å². The van der Waals surface area contributed by atoms with Crippen LogP contribution in [0.5, 0.6) is 0 Å². The van der Waals surface area contributed by atoms with Crippen LogP contribution in [0.3, 0.4) is 0 Å². The monoisotopic (exact) mass is 255 g/mol. The largest absolute Gasteiger partial charge is 0.393 e. The van der Waals surface area contributed by atoms with Gasteiger partial charge in [0.1, 0.15) is 18.1 Å². The maximum absolute atomic E-state index is 11.4. The number of hydrogen-bond acceptors (Lipinski definition) is 5. The van der Waals surface area contributed by atoms with Crippen LogP contribution in [0.2, 0.25) is 5.15 Å². The fraction of sp³-hybridized carbons (Fsp3) is 0.500. The molecule has 6 nitrogen and oxygen atoms in total. The molecular weight excluding hydrogens is 242 g/mol. The Morgan fingerprint density at radius 2 is 2.24 bits per heavy atom. The molecule has 1 aromatic rings. The number of carbonyl (C=O) groups is 1. The molecule has 4 N–H and O–H groups in total. The van der Waals surface area contributed by atoms with Gasteiger partial charge in [-0.1, -0.05) is 11.6 Å². The Balaban J connectivity index is 2.36. The van der Waals surface area contributed by atoms with E-state index in [-0.39, 0.29) is 17.1 Å². The van der Waals surface area contributed by atoms with Crippen LogP contribution < -0.4 is 16.4 Å². The number of nitrogens with two attached hydrogens (primary N) is 2. The van der Waals surface area contributed by atoms with E-state index < -0.39 is 0 Å². The third kappa shape index (κ3) is 2.26. The zero-order valence-corrected chi connectivity index (χ0v) is 10.0. The summed E-state index contributed by atoms with van der Waals surface area (Å²) in [5, 5.41) is 0.198. The molecule has 1 fully saturated rings. The smallest absolute Gasteiger partial charge is 0.240 e. The topological polar surface area (TPSA) is 98.1 Å². The molecular formula is C10H14ClN5O. The lowest BCUT2D eigenvalue weighted by molar-refractivity contribution is -0.119. The van der Waals surface area contributed by atoms with E-state index >= 15 is 0 Å². The van der Waals surface area contributed by atoms with Crippen molar-refractivity contribution in [2.24, 2.45) is 5.73 Å². The second-order valence-electron chi connectivity index (χ2n) is 4.01. The van der Waals surface area contributed by atoms with Crippen molar-refractivity contribution in [3.63, 3.8) is 0 Å². The van der Waals surface area contributed by atoms with Gasteiger partial charge in [0.25, 0.3) is 0 Å². The Morgan fingerprint density at radius 1 is 1.47 bits per heavy atom. The van der Waals surface area contributed by atoms with Gasteiger partial charge in [-0.3, -0.25) is 4.79 Å². The molecule has 1 amide bonds.